The van der Waals surface area contributed by atoms with Gasteiger partial charge in [0.25, 0.3) is 0 Å². The van der Waals surface area contributed by atoms with E-state index in [1.165, 1.54) is 44.3 Å². The van der Waals surface area contributed by atoms with Crippen LogP contribution in [-0.2, 0) is 4.79 Å². The van der Waals surface area contributed by atoms with Crippen LogP contribution in [0.25, 0.3) is 0 Å². The fourth-order valence-electron chi connectivity index (χ4n) is 3.96. The maximum Gasteiger partial charge on any atom is 0.226 e. The van der Waals surface area contributed by atoms with Gasteiger partial charge in [-0.1, -0.05) is 17.7 Å². The standard InChI is InChI=1S/C17H24N2O.ClH/c1-13-5-6-15(14(2)11-13)18-16(20)12-17-7-3-9-19(17)10-4-8-17;/h5-6,11H,3-4,7-10,12H2,1-2H3,(H,18,20);1H. The number of carbonyl (C=O) groups is 1. The number of aryl methyl sites for hydroxylation is 2. The first-order chi connectivity index (χ1) is 9.59. The van der Waals surface area contributed by atoms with E-state index in [4.69, 9.17) is 0 Å². The highest BCUT2D eigenvalue weighted by molar-refractivity contribution is 5.92. The number of nitrogens with one attached hydrogen (secondary N) is 1. The number of amides is 1. The maximum absolute atomic E-state index is 12.4. The Kier molecular flexibility index (Phi) is 4.95. The van der Waals surface area contributed by atoms with E-state index in [2.05, 4.69) is 36.2 Å². The van der Waals surface area contributed by atoms with E-state index in [0.717, 1.165) is 11.3 Å². The van der Waals surface area contributed by atoms with Crippen molar-refractivity contribution in [3.63, 3.8) is 0 Å². The summed E-state index contributed by atoms with van der Waals surface area (Å²) in [5.74, 6) is 0.172. The molecule has 3 rings (SSSR count). The van der Waals surface area contributed by atoms with Gasteiger partial charge in [0.1, 0.15) is 0 Å². The molecule has 0 radical (unpaired) electrons. The van der Waals surface area contributed by atoms with Crippen LogP contribution in [0, 0.1) is 13.8 Å². The van der Waals surface area contributed by atoms with E-state index >= 15 is 0 Å². The molecule has 3 nitrogen and oxygen atoms in total. The Balaban J connectivity index is 0.00000161. The van der Waals surface area contributed by atoms with E-state index in [0.29, 0.717) is 6.42 Å². The molecule has 2 heterocycles. The van der Waals surface area contributed by atoms with Crippen molar-refractivity contribution in [2.45, 2.75) is 51.5 Å². The summed E-state index contributed by atoms with van der Waals surface area (Å²) in [5.41, 5.74) is 3.50. The highest BCUT2D eigenvalue weighted by Gasteiger charge is 2.45. The van der Waals surface area contributed by atoms with E-state index < -0.39 is 0 Å². The Bertz CT molecular complexity index is 520. The van der Waals surface area contributed by atoms with Gasteiger partial charge in [-0.3, -0.25) is 9.69 Å². The summed E-state index contributed by atoms with van der Waals surface area (Å²) in [7, 11) is 0. The number of rotatable bonds is 3. The van der Waals surface area contributed by atoms with Gasteiger partial charge < -0.3 is 5.32 Å². The molecule has 1 N–H and O–H groups in total. The van der Waals surface area contributed by atoms with E-state index in [9.17, 15) is 4.79 Å². The zero-order chi connectivity index (χ0) is 14.2. The molecule has 0 unspecified atom stereocenters. The van der Waals surface area contributed by atoms with Gasteiger partial charge in [0.2, 0.25) is 5.91 Å². The lowest BCUT2D eigenvalue weighted by Crippen LogP contribution is -2.41. The van der Waals surface area contributed by atoms with E-state index in [-0.39, 0.29) is 23.9 Å². The van der Waals surface area contributed by atoms with Crippen LogP contribution in [0.2, 0.25) is 0 Å². The summed E-state index contributed by atoms with van der Waals surface area (Å²) in [4.78, 5) is 14.9. The largest absolute Gasteiger partial charge is 0.326 e. The Morgan fingerprint density at radius 1 is 1.24 bits per heavy atom. The zero-order valence-electron chi connectivity index (χ0n) is 12.9. The quantitative estimate of drug-likeness (QED) is 0.924. The predicted molar refractivity (Wildman–Crippen MR) is 89.2 cm³/mol. The van der Waals surface area contributed by atoms with Crippen molar-refractivity contribution in [3.8, 4) is 0 Å². The SMILES string of the molecule is Cc1ccc(NC(=O)CC23CCCN2CCC3)c(C)c1.Cl. The summed E-state index contributed by atoms with van der Waals surface area (Å²) < 4.78 is 0. The minimum absolute atomic E-state index is 0. The normalized spacial score (nSPS) is 19.9. The average Bonchev–Trinajstić information content (AvgIpc) is 2.91. The molecule has 1 aromatic carbocycles. The first kappa shape index (κ1) is 16.3. The zero-order valence-corrected chi connectivity index (χ0v) is 13.8. The molecule has 2 aliphatic rings. The predicted octanol–water partition coefficient (Wildman–Crippen LogP) is 3.68. The van der Waals surface area contributed by atoms with Crippen LogP contribution in [0.4, 0.5) is 5.69 Å². The van der Waals surface area contributed by atoms with Gasteiger partial charge >= 0.3 is 0 Å². The fraction of sp³-hybridized carbons (Fsp3) is 0.588. The molecule has 0 aliphatic carbocycles. The molecule has 1 aromatic rings. The number of halogens is 1. The summed E-state index contributed by atoms with van der Waals surface area (Å²) >= 11 is 0. The third-order valence-electron chi connectivity index (χ3n) is 4.96. The number of anilines is 1. The van der Waals surface area contributed by atoms with Crippen LogP contribution in [0.3, 0.4) is 0 Å². The molecule has 2 fully saturated rings. The van der Waals surface area contributed by atoms with Gasteiger partial charge in [-0.2, -0.15) is 0 Å². The van der Waals surface area contributed by atoms with Crippen molar-refractivity contribution >= 4 is 24.0 Å². The Morgan fingerprint density at radius 2 is 1.90 bits per heavy atom. The van der Waals surface area contributed by atoms with Crippen LogP contribution in [0.1, 0.15) is 43.2 Å². The fourth-order valence-corrected chi connectivity index (χ4v) is 3.96. The summed E-state index contributed by atoms with van der Waals surface area (Å²) in [5, 5.41) is 3.11. The number of hydrogen-bond acceptors (Lipinski definition) is 2. The van der Waals surface area contributed by atoms with Gasteiger partial charge in [0, 0.05) is 17.6 Å². The van der Waals surface area contributed by atoms with Crippen LogP contribution in [-0.4, -0.2) is 29.4 Å². The molecule has 21 heavy (non-hydrogen) atoms. The van der Waals surface area contributed by atoms with E-state index in [1.807, 2.05) is 6.07 Å². The molecule has 2 saturated heterocycles. The molecule has 0 spiro atoms. The summed E-state index contributed by atoms with van der Waals surface area (Å²) in [6.45, 7) is 6.48. The number of hydrogen-bond donors (Lipinski definition) is 1. The molecule has 4 heteroatoms. The van der Waals surface area contributed by atoms with Crippen molar-refractivity contribution < 1.29 is 4.79 Å². The highest BCUT2D eigenvalue weighted by atomic mass is 35.5. The lowest BCUT2D eigenvalue weighted by molar-refractivity contribution is -0.118. The van der Waals surface area contributed by atoms with Crippen molar-refractivity contribution in [2.75, 3.05) is 18.4 Å². The lowest BCUT2D eigenvalue weighted by Gasteiger charge is -2.31. The van der Waals surface area contributed by atoms with Gasteiger partial charge in [0.15, 0.2) is 0 Å². The second-order valence-corrected chi connectivity index (χ2v) is 6.46. The molecular formula is C17H25ClN2O. The second kappa shape index (κ2) is 6.37. The summed E-state index contributed by atoms with van der Waals surface area (Å²) in [6.07, 6.45) is 5.52. The van der Waals surface area contributed by atoms with Crippen LogP contribution >= 0.6 is 12.4 Å². The van der Waals surface area contributed by atoms with Gasteiger partial charge in [-0.15, -0.1) is 12.4 Å². The smallest absolute Gasteiger partial charge is 0.226 e. The lowest BCUT2D eigenvalue weighted by atomic mass is 9.90. The molecule has 0 aromatic heterocycles. The average molecular weight is 309 g/mol. The number of nitrogens with zero attached hydrogens (tertiary/aromatic N) is 1. The molecule has 2 aliphatic heterocycles. The molecule has 0 bridgehead atoms. The van der Waals surface area contributed by atoms with Crippen molar-refractivity contribution in [1.82, 2.24) is 4.90 Å². The monoisotopic (exact) mass is 308 g/mol. The molecule has 1 amide bonds. The van der Waals surface area contributed by atoms with Crippen LogP contribution in [0.5, 0.6) is 0 Å². The number of carbonyl (C=O) groups excluding carboxylic acids is 1. The molecular weight excluding hydrogens is 284 g/mol. The third kappa shape index (κ3) is 3.24. The maximum atomic E-state index is 12.4. The van der Waals surface area contributed by atoms with E-state index in [1.54, 1.807) is 0 Å². The van der Waals surface area contributed by atoms with Gasteiger partial charge in [0.05, 0.1) is 0 Å². The highest BCUT2D eigenvalue weighted by Crippen LogP contribution is 2.41. The Morgan fingerprint density at radius 3 is 2.52 bits per heavy atom. The van der Waals surface area contributed by atoms with Crippen molar-refractivity contribution in [2.24, 2.45) is 0 Å². The van der Waals surface area contributed by atoms with Gasteiger partial charge in [-0.05, 0) is 64.3 Å². The minimum atomic E-state index is 0. The third-order valence-corrected chi connectivity index (χ3v) is 4.96. The molecule has 116 valence electrons. The molecule has 0 atom stereocenters. The Hall–Kier alpha value is -1.06. The first-order valence-electron chi connectivity index (χ1n) is 7.71. The second-order valence-electron chi connectivity index (χ2n) is 6.46. The van der Waals surface area contributed by atoms with Crippen molar-refractivity contribution in [1.29, 1.82) is 0 Å². The van der Waals surface area contributed by atoms with Crippen molar-refractivity contribution in [3.05, 3.63) is 29.3 Å². The Labute approximate surface area is 133 Å². The number of fused-ring (bicyclic) bond motifs is 1. The first-order valence-corrected chi connectivity index (χ1v) is 7.71. The van der Waals surface area contributed by atoms with Crippen LogP contribution < -0.4 is 5.32 Å². The minimum Gasteiger partial charge on any atom is -0.326 e. The number of benzene rings is 1. The molecule has 0 saturated carbocycles. The van der Waals surface area contributed by atoms with Gasteiger partial charge in [-0.25, -0.2) is 0 Å². The summed E-state index contributed by atoms with van der Waals surface area (Å²) in [6, 6.07) is 6.19. The topological polar surface area (TPSA) is 32.3 Å². The van der Waals surface area contributed by atoms with Crippen LogP contribution in [0.15, 0.2) is 18.2 Å².